The van der Waals surface area contributed by atoms with Crippen molar-refractivity contribution in [2.75, 3.05) is 36.4 Å². The lowest BCUT2D eigenvalue weighted by atomic mass is 9.96. The van der Waals surface area contributed by atoms with Crippen LogP contribution in [-0.2, 0) is 0 Å². The summed E-state index contributed by atoms with van der Waals surface area (Å²) in [5, 5.41) is 6.57. The molecule has 218 valence electrons. The Bertz CT molecular complexity index is 1260. The van der Waals surface area contributed by atoms with Crippen molar-refractivity contribution in [3.63, 3.8) is 0 Å². The quantitative estimate of drug-likeness (QED) is 0.357. The molecule has 3 aliphatic heterocycles. The molecule has 2 bridgehead atoms. The summed E-state index contributed by atoms with van der Waals surface area (Å²) in [6.45, 7) is 3.82. The van der Waals surface area contributed by atoms with E-state index in [-0.39, 0.29) is 17.7 Å². The van der Waals surface area contributed by atoms with E-state index in [4.69, 9.17) is 10.7 Å². The summed E-state index contributed by atoms with van der Waals surface area (Å²) in [6.07, 6.45) is 12.3. The van der Waals surface area contributed by atoms with Gasteiger partial charge in [-0.2, -0.15) is 0 Å². The Morgan fingerprint density at radius 2 is 1.66 bits per heavy atom. The zero-order chi connectivity index (χ0) is 28.3. The summed E-state index contributed by atoms with van der Waals surface area (Å²) in [5.41, 5.74) is 7.83. The number of nitrogens with two attached hydrogens (primary N) is 1. The van der Waals surface area contributed by atoms with Crippen LogP contribution in [0.1, 0.15) is 95.3 Å². The van der Waals surface area contributed by atoms with Gasteiger partial charge in [-0.05, 0) is 101 Å². The summed E-state index contributed by atoms with van der Waals surface area (Å²) >= 11 is 0. The number of nitrogens with one attached hydrogen (secondary N) is 2. The van der Waals surface area contributed by atoms with E-state index in [2.05, 4.69) is 20.4 Å². The molecule has 41 heavy (non-hydrogen) atoms. The number of carbonyl (C=O) groups excluding carboxylic acids is 3. The van der Waals surface area contributed by atoms with Crippen LogP contribution in [0.4, 0.5) is 11.5 Å². The van der Waals surface area contributed by atoms with Crippen molar-refractivity contribution in [3.05, 3.63) is 53.2 Å². The van der Waals surface area contributed by atoms with Crippen molar-refractivity contribution in [1.29, 1.82) is 0 Å². The Kier molecular flexibility index (Phi) is 8.23. The predicted octanol–water partition coefficient (Wildman–Crippen LogP) is 3.99. The molecule has 2 amide bonds. The lowest BCUT2D eigenvalue weighted by Crippen LogP contribution is -2.50. The molecule has 4 N–H and O–H groups in total. The number of anilines is 2. The normalized spacial score (nSPS) is 24.2. The second-order valence-electron chi connectivity index (χ2n) is 12.4. The number of benzene rings is 1. The van der Waals surface area contributed by atoms with Crippen LogP contribution >= 0.6 is 0 Å². The number of pyridine rings is 1. The third-order valence-corrected chi connectivity index (χ3v) is 9.33. The van der Waals surface area contributed by atoms with Gasteiger partial charge in [0.2, 0.25) is 0 Å². The van der Waals surface area contributed by atoms with Gasteiger partial charge >= 0.3 is 0 Å². The van der Waals surface area contributed by atoms with Crippen molar-refractivity contribution >= 4 is 29.1 Å². The molecule has 4 fully saturated rings. The number of hydrogen-bond acceptors (Lipinski definition) is 7. The fraction of sp³-hybridized carbons (Fsp3) is 0.562. The topological polar surface area (TPSA) is 121 Å². The van der Waals surface area contributed by atoms with Crippen LogP contribution in [0.25, 0.3) is 0 Å². The van der Waals surface area contributed by atoms with Gasteiger partial charge in [0.05, 0.1) is 5.56 Å². The van der Waals surface area contributed by atoms with E-state index >= 15 is 0 Å². The fourth-order valence-corrected chi connectivity index (χ4v) is 6.85. The first-order valence-corrected chi connectivity index (χ1v) is 15.4. The van der Waals surface area contributed by atoms with Crippen LogP contribution in [0.2, 0.25) is 0 Å². The van der Waals surface area contributed by atoms with Gasteiger partial charge in [-0.3, -0.25) is 14.4 Å². The molecule has 0 radical (unpaired) electrons. The molecule has 2 unspecified atom stereocenters. The minimum absolute atomic E-state index is 0.0746. The summed E-state index contributed by atoms with van der Waals surface area (Å²) in [5.74, 6) is 1.09. The molecule has 1 aromatic carbocycles. The number of aromatic nitrogens is 1. The highest BCUT2D eigenvalue weighted by Crippen LogP contribution is 2.39. The van der Waals surface area contributed by atoms with Gasteiger partial charge in [-0.25, -0.2) is 4.98 Å². The minimum Gasteiger partial charge on any atom is -0.384 e. The van der Waals surface area contributed by atoms with Crippen molar-refractivity contribution in [2.45, 2.75) is 82.3 Å². The maximum Gasteiger partial charge on any atom is 0.251 e. The van der Waals surface area contributed by atoms with Crippen molar-refractivity contribution < 1.29 is 14.4 Å². The highest BCUT2D eigenvalue weighted by Gasteiger charge is 2.42. The van der Waals surface area contributed by atoms with Gasteiger partial charge in [0.1, 0.15) is 5.82 Å². The molecule has 1 aromatic heterocycles. The standard InChI is InChI=1S/C32H42N6O3/c33-31(40)27-10-6-22(16-28(27)34-19-21-4-5-21)32(41)36-24-17-25-8-9-26(18-24)38(25)30-11-7-23(20-35-30)29(39)12-15-37-13-2-1-3-14-37/h6-7,10-11,16,20-21,24-26,34H,1-5,8-9,12-15,17-19H2,(H2,33,40)(H,36,41). The first kappa shape index (κ1) is 27.7. The number of Topliss-reactive ketones (excluding diaryl/α,β-unsaturated/α-hetero) is 1. The second-order valence-corrected chi connectivity index (χ2v) is 12.4. The maximum absolute atomic E-state index is 13.2. The molecule has 4 aliphatic rings. The van der Waals surface area contributed by atoms with Crippen molar-refractivity contribution in [2.24, 2.45) is 11.7 Å². The molecule has 1 saturated carbocycles. The Morgan fingerprint density at radius 1 is 0.927 bits per heavy atom. The maximum atomic E-state index is 13.2. The molecule has 3 saturated heterocycles. The van der Waals surface area contributed by atoms with E-state index in [1.165, 1.54) is 32.1 Å². The monoisotopic (exact) mass is 558 g/mol. The van der Waals surface area contributed by atoms with Crippen LogP contribution in [0.5, 0.6) is 0 Å². The van der Waals surface area contributed by atoms with Crippen LogP contribution in [0, 0.1) is 5.92 Å². The Morgan fingerprint density at radius 3 is 2.32 bits per heavy atom. The Balaban J connectivity index is 1.04. The molecular weight excluding hydrogens is 516 g/mol. The Hall–Kier alpha value is -3.46. The molecule has 1 aliphatic carbocycles. The molecule has 6 rings (SSSR count). The third kappa shape index (κ3) is 6.56. The predicted molar refractivity (Wildman–Crippen MR) is 159 cm³/mol. The van der Waals surface area contributed by atoms with Gasteiger partial charge in [0.25, 0.3) is 11.8 Å². The zero-order valence-corrected chi connectivity index (χ0v) is 23.8. The highest BCUT2D eigenvalue weighted by molar-refractivity contribution is 6.02. The summed E-state index contributed by atoms with van der Waals surface area (Å²) < 4.78 is 0. The van der Waals surface area contributed by atoms with Gasteiger partial charge in [-0.1, -0.05) is 6.42 Å². The fourth-order valence-electron chi connectivity index (χ4n) is 6.85. The van der Waals surface area contributed by atoms with Gasteiger partial charge in [0.15, 0.2) is 5.78 Å². The number of rotatable bonds is 11. The smallest absolute Gasteiger partial charge is 0.251 e. The highest BCUT2D eigenvalue weighted by atomic mass is 16.2. The number of primary amides is 1. The molecule has 4 heterocycles. The zero-order valence-electron chi connectivity index (χ0n) is 23.8. The van der Waals surface area contributed by atoms with Crippen LogP contribution in [-0.4, -0.2) is 71.8 Å². The number of hydrogen-bond donors (Lipinski definition) is 3. The lowest BCUT2D eigenvalue weighted by Gasteiger charge is -2.40. The van der Waals surface area contributed by atoms with E-state index in [1.54, 1.807) is 24.4 Å². The number of likely N-dealkylation sites (tertiary alicyclic amines) is 1. The van der Waals surface area contributed by atoms with Crippen LogP contribution in [0.15, 0.2) is 36.5 Å². The SMILES string of the molecule is NC(=O)c1ccc(C(=O)NC2CC3CCC(C2)N3c2ccc(C(=O)CCN3CCCCC3)cn2)cc1NCC1CC1. The van der Waals surface area contributed by atoms with Gasteiger partial charge in [-0.15, -0.1) is 0 Å². The van der Waals surface area contributed by atoms with Crippen molar-refractivity contribution in [1.82, 2.24) is 15.2 Å². The number of nitrogens with zero attached hydrogens (tertiary/aromatic N) is 3. The summed E-state index contributed by atoms with van der Waals surface area (Å²) in [7, 11) is 0. The largest absolute Gasteiger partial charge is 0.384 e. The number of amides is 2. The molecule has 9 heteroatoms. The number of ketones is 1. The van der Waals surface area contributed by atoms with Gasteiger partial charge < -0.3 is 26.2 Å². The van der Waals surface area contributed by atoms with E-state index < -0.39 is 5.91 Å². The van der Waals surface area contributed by atoms with Gasteiger partial charge in [0, 0.05) is 60.6 Å². The number of carbonyl (C=O) groups is 3. The molecule has 2 aromatic rings. The minimum atomic E-state index is -0.498. The molecule has 2 atom stereocenters. The van der Waals surface area contributed by atoms with E-state index in [1.807, 2.05) is 12.1 Å². The average molecular weight is 559 g/mol. The lowest BCUT2D eigenvalue weighted by molar-refractivity contribution is 0.0924. The first-order chi connectivity index (χ1) is 19.9. The van der Waals surface area contributed by atoms with E-state index in [0.717, 1.165) is 57.7 Å². The number of piperidine rings is 2. The summed E-state index contributed by atoms with van der Waals surface area (Å²) in [6, 6.07) is 9.69. The first-order valence-electron chi connectivity index (χ1n) is 15.4. The second kappa shape index (κ2) is 12.2. The van der Waals surface area contributed by atoms with Crippen LogP contribution in [0.3, 0.4) is 0 Å². The summed E-state index contributed by atoms with van der Waals surface area (Å²) in [4.78, 5) is 47.4. The van der Waals surface area contributed by atoms with Crippen molar-refractivity contribution in [3.8, 4) is 0 Å². The molecule has 9 nitrogen and oxygen atoms in total. The van der Waals surface area contributed by atoms with Crippen LogP contribution < -0.4 is 21.3 Å². The number of fused-ring (bicyclic) bond motifs is 2. The van der Waals surface area contributed by atoms with E-state index in [9.17, 15) is 14.4 Å². The Labute approximate surface area is 242 Å². The average Bonchev–Trinajstić information content (AvgIpc) is 3.78. The third-order valence-electron chi connectivity index (χ3n) is 9.33. The molecule has 0 spiro atoms. The van der Waals surface area contributed by atoms with E-state index in [0.29, 0.717) is 46.8 Å². The molecular formula is C32H42N6O3.